The summed E-state index contributed by atoms with van der Waals surface area (Å²) in [5.74, 6) is 1.03. The number of rotatable bonds is 20. The van der Waals surface area contributed by atoms with E-state index in [1.807, 2.05) is 91.8 Å². The van der Waals surface area contributed by atoms with Crippen LogP contribution in [-0.4, -0.2) is 123 Å². The highest BCUT2D eigenvalue weighted by Crippen LogP contribution is 2.28. The molecule has 2 N–H and O–H groups in total. The summed E-state index contributed by atoms with van der Waals surface area (Å²) >= 11 is 12.2. The predicted octanol–water partition coefficient (Wildman–Crippen LogP) is 11.1. The quantitative estimate of drug-likeness (QED) is 0.0710. The van der Waals surface area contributed by atoms with Gasteiger partial charge in [-0.05, 0) is 187 Å². The average molecular weight is 984 g/mol. The summed E-state index contributed by atoms with van der Waals surface area (Å²) in [7, 11) is 0. The SMILES string of the molecule is Clc1ccc2c(NCCCN3CCC(N(Cc4ccncc4)CC4CCCO4)CC3)ccnc2c1.Clc1ccc2c(NCCCN3CCC(N(Cc4ccncc4)Cc4ccco4)CC3)ccnc2c1. The lowest BCUT2D eigenvalue weighted by Crippen LogP contribution is -2.47. The number of benzene rings is 2. The number of fused-ring (bicyclic) bond motifs is 2. The van der Waals surface area contributed by atoms with Gasteiger partial charge in [-0.2, -0.15) is 0 Å². The van der Waals surface area contributed by atoms with Crippen LogP contribution in [0.25, 0.3) is 21.8 Å². The number of nitrogens with zero attached hydrogens (tertiary/aromatic N) is 8. The third-order valence-electron chi connectivity index (χ3n) is 14.2. The first-order valence-electron chi connectivity index (χ1n) is 25.4. The largest absolute Gasteiger partial charge is 0.468 e. The number of halogens is 2. The Kier molecular flexibility index (Phi) is 18.3. The summed E-state index contributed by atoms with van der Waals surface area (Å²) in [6.07, 6.45) is 22.8. The van der Waals surface area contributed by atoms with Crippen molar-refractivity contribution in [2.75, 3.05) is 76.1 Å². The Hall–Kier alpha value is -5.18. The highest BCUT2D eigenvalue weighted by molar-refractivity contribution is 6.31. The average Bonchev–Trinajstić information content (AvgIpc) is 4.13. The molecule has 3 aliphatic rings. The predicted molar refractivity (Wildman–Crippen MR) is 284 cm³/mol. The number of anilines is 2. The number of ether oxygens (including phenoxy) is 1. The molecule has 14 heteroatoms. The van der Waals surface area contributed by atoms with Gasteiger partial charge in [0.05, 0.1) is 29.9 Å². The number of pyridine rings is 4. The van der Waals surface area contributed by atoms with Crippen LogP contribution in [0.2, 0.25) is 10.0 Å². The van der Waals surface area contributed by atoms with E-state index >= 15 is 0 Å². The molecule has 3 fully saturated rings. The normalized spacial score (nSPS) is 17.3. The van der Waals surface area contributed by atoms with Crippen molar-refractivity contribution in [3.8, 4) is 0 Å². The molecule has 0 amide bonds. The minimum Gasteiger partial charge on any atom is -0.468 e. The van der Waals surface area contributed by atoms with Gasteiger partial charge < -0.3 is 29.6 Å². The van der Waals surface area contributed by atoms with Crippen LogP contribution < -0.4 is 10.6 Å². The van der Waals surface area contributed by atoms with Crippen molar-refractivity contribution < 1.29 is 9.15 Å². The molecule has 1 atom stereocenters. The lowest BCUT2D eigenvalue weighted by Gasteiger charge is -2.39. The van der Waals surface area contributed by atoms with Crippen LogP contribution in [0, 0.1) is 0 Å². The Morgan fingerprint density at radius 1 is 0.586 bits per heavy atom. The molecule has 3 saturated heterocycles. The third-order valence-corrected chi connectivity index (χ3v) is 14.6. The molecule has 70 heavy (non-hydrogen) atoms. The Morgan fingerprint density at radius 3 is 1.61 bits per heavy atom. The molecule has 12 nitrogen and oxygen atoms in total. The minimum absolute atomic E-state index is 0.390. The molecular formula is C56H68Cl2N10O2. The Morgan fingerprint density at radius 2 is 1.11 bits per heavy atom. The van der Waals surface area contributed by atoms with Crippen molar-refractivity contribution in [3.63, 3.8) is 0 Å². The van der Waals surface area contributed by atoms with Crippen LogP contribution in [0.5, 0.6) is 0 Å². The zero-order valence-corrected chi connectivity index (χ0v) is 41.9. The molecule has 0 radical (unpaired) electrons. The van der Waals surface area contributed by atoms with Crippen molar-refractivity contribution in [3.05, 3.63) is 155 Å². The molecule has 7 aromatic rings. The van der Waals surface area contributed by atoms with Gasteiger partial charge in [0.2, 0.25) is 0 Å². The van der Waals surface area contributed by atoms with Gasteiger partial charge in [-0.25, -0.2) is 0 Å². The molecule has 0 bridgehead atoms. The van der Waals surface area contributed by atoms with Crippen LogP contribution in [0.15, 0.2) is 133 Å². The second kappa shape index (κ2) is 25.8. The van der Waals surface area contributed by atoms with Gasteiger partial charge in [0.15, 0.2) is 0 Å². The summed E-state index contributed by atoms with van der Waals surface area (Å²) in [6, 6.07) is 29.6. The standard InChI is InChI=1S/C28H36ClN5O.C28H32ClN5O/c2*29-23-4-5-26-27(8-14-32-28(26)19-23)31-11-2-15-33-16-9-24(10-17-33)34(21-25-3-1-18-35-25)20-22-6-12-30-13-7-22/h4-8,12-14,19,24-25H,1-3,9-11,15-18,20-21H2,(H,31,32);1,3-8,12-14,18-19,24H,2,9-11,15-17,20-21H2,(H,31,32). The van der Waals surface area contributed by atoms with Gasteiger partial charge in [-0.3, -0.25) is 29.7 Å². The lowest BCUT2D eigenvalue weighted by molar-refractivity contribution is 0.0345. The van der Waals surface area contributed by atoms with Gasteiger partial charge in [0, 0.05) is 121 Å². The highest BCUT2D eigenvalue weighted by Gasteiger charge is 2.29. The van der Waals surface area contributed by atoms with E-state index in [2.05, 4.69) is 80.5 Å². The molecule has 0 spiro atoms. The fourth-order valence-electron chi connectivity index (χ4n) is 10.4. The fraction of sp³-hybridized carbons (Fsp3) is 0.429. The molecule has 2 aromatic carbocycles. The number of nitrogens with one attached hydrogen (secondary N) is 2. The van der Waals surface area contributed by atoms with Crippen molar-refractivity contribution >= 4 is 56.4 Å². The second-order valence-corrected chi connectivity index (χ2v) is 19.9. The van der Waals surface area contributed by atoms with E-state index in [-0.39, 0.29) is 0 Å². The number of hydrogen-bond acceptors (Lipinski definition) is 12. The molecule has 0 saturated carbocycles. The molecule has 8 heterocycles. The first kappa shape index (κ1) is 49.8. The molecule has 368 valence electrons. The maximum absolute atomic E-state index is 6.12. The number of aromatic nitrogens is 4. The van der Waals surface area contributed by atoms with Crippen LogP contribution in [-0.2, 0) is 24.4 Å². The van der Waals surface area contributed by atoms with E-state index in [1.165, 1.54) is 62.7 Å². The van der Waals surface area contributed by atoms with Crippen molar-refractivity contribution in [2.45, 2.75) is 89.2 Å². The fourth-order valence-corrected chi connectivity index (χ4v) is 10.7. The Balaban J connectivity index is 0.000000174. The number of piperidine rings is 2. The van der Waals surface area contributed by atoms with Gasteiger partial charge in [-0.1, -0.05) is 23.2 Å². The minimum atomic E-state index is 0.390. The highest BCUT2D eigenvalue weighted by atomic mass is 35.5. The van der Waals surface area contributed by atoms with Crippen molar-refractivity contribution in [1.29, 1.82) is 0 Å². The smallest absolute Gasteiger partial charge is 0.117 e. The van der Waals surface area contributed by atoms with Gasteiger partial charge in [0.1, 0.15) is 5.76 Å². The number of hydrogen-bond donors (Lipinski definition) is 2. The van der Waals surface area contributed by atoms with Gasteiger partial charge in [0.25, 0.3) is 0 Å². The topological polar surface area (TPSA) is 111 Å². The van der Waals surface area contributed by atoms with Gasteiger partial charge >= 0.3 is 0 Å². The monoisotopic (exact) mass is 982 g/mol. The molecular weight excluding hydrogens is 916 g/mol. The van der Waals surface area contributed by atoms with Crippen LogP contribution >= 0.6 is 23.2 Å². The summed E-state index contributed by atoms with van der Waals surface area (Å²) in [6.45, 7) is 13.4. The van der Waals surface area contributed by atoms with E-state index in [1.54, 1.807) is 6.26 Å². The van der Waals surface area contributed by atoms with E-state index in [0.29, 0.717) is 23.2 Å². The van der Waals surface area contributed by atoms with Crippen molar-refractivity contribution in [1.82, 2.24) is 39.5 Å². The first-order valence-corrected chi connectivity index (χ1v) is 26.2. The van der Waals surface area contributed by atoms with E-state index in [0.717, 1.165) is 129 Å². The van der Waals surface area contributed by atoms with E-state index < -0.39 is 0 Å². The molecule has 10 rings (SSSR count). The summed E-state index contributed by atoms with van der Waals surface area (Å²) in [5.41, 5.74) is 6.75. The summed E-state index contributed by atoms with van der Waals surface area (Å²) in [5, 5.41) is 10.9. The van der Waals surface area contributed by atoms with Gasteiger partial charge in [-0.15, -0.1) is 0 Å². The summed E-state index contributed by atoms with van der Waals surface area (Å²) in [4.78, 5) is 27.7. The van der Waals surface area contributed by atoms with Crippen molar-refractivity contribution in [2.24, 2.45) is 0 Å². The summed E-state index contributed by atoms with van der Waals surface area (Å²) < 4.78 is 11.7. The molecule has 1 unspecified atom stereocenters. The van der Waals surface area contributed by atoms with E-state index in [9.17, 15) is 0 Å². The molecule has 0 aliphatic carbocycles. The Labute approximate surface area is 423 Å². The number of furan rings is 1. The lowest BCUT2D eigenvalue weighted by atomic mass is 10.0. The first-order chi connectivity index (χ1) is 34.5. The maximum atomic E-state index is 6.12. The molecule has 3 aliphatic heterocycles. The van der Waals surface area contributed by atoms with E-state index in [4.69, 9.17) is 32.4 Å². The van der Waals surface area contributed by atoms with Crippen LogP contribution in [0.4, 0.5) is 11.4 Å². The Bertz CT molecular complexity index is 2620. The number of likely N-dealkylation sites (tertiary alicyclic amines) is 2. The zero-order chi connectivity index (χ0) is 47.7. The zero-order valence-electron chi connectivity index (χ0n) is 40.4. The van der Waals surface area contributed by atoms with Crippen LogP contribution in [0.1, 0.15) is 68.3 Å². The third kappa shape index (κ3) is 14.5. The second-order valence-electron chi connectivity index (χ2n) is 19.0. The molecule has 5 aromatic heterocycles. The van der Waals surface area contributed by atoms with Crippen LogP contribution in [0.3, 0.4) is 0 Å². The maximum Gasteiger partial charge on any atom is 0.117 e.